The molecule has 0 aromatic rings. The molecule has 0 aromatic heterocycles. The van der Waals surface area contributed by atoms with Gasteiger partial charge in [-0.15, -0.1) is 0 Å². The molecule has 146 valence electrons. The molecular weight excluding hydrogens is 306 g/mol. The molecule has 2 aliphatic heterocycles. The second-order valence-electron chi connectivity index (χ2n) is 11.2. The number of piperidine rings is 2. The van der Waals surface area contributed by atoms with Gasteiger partial charge in [0, 0.05) is 35.7 Å². The van der Waals surface area contributed by atoms with E-state index in [1.54, 1.807) is 0 Å². The van der Waals surface area contributed by atoms with Crippen LogP contribution in [0, 0.1) is 5.92 Å². The van der Waals surface area contributed by atoms with Crippen molar-refractivity contribution in [2.24, 2.45) is 5.92 Å². The largest absolute Gasteiger partial charge is 0.309 e. The summed E-state index contributed by atoms with van der Waals surface area (Å²) < 4.78 is 0. The Morgan fingerprint density at radius 1 is 0.920 bits per heavy atom. The van der Waals surface area contributed by atoms with Crippen LogP contribution in [0.15, 0.2) is 0 Å². The van der Waals surface area contributed by atoms with E-state index in [1.165, 1.54) is 71.1 Å². The lowest BCUT2D eigenvalue weighted by Crippen LogP contribution is -2.63. The minimum absolute atomic E-state index is 0.248. The molecule has 3 nitrogen and oxygen atoms in total. The number of nitrogens with one attached hydrogen (secondary N) is 1. The Balaban J connectivity index is 1.53. The van der Waals surface area contributed by atoms with E-state index < -0.39 is 0 Å². The van der Waals surface area contributed by atoms with Crippen molar-refractivity contribution in [2.75, 3.05) is 26.2 Å². The van der Waals surface area contributed by atoms with Gasteiger partial charge >= 0.3 is 0 Å². The number of hydrogen-bond donors (Lipinski definition) is 1. The molecule has 3 fully saturated rings. The van der Waals surface area contributed by atoms with Crippen molar-refractivity contribution in [3.63, 3.8) is 0 Å². The Kier molecular flexibility index (Phi) is 5.60. The quantitative estimate of drug-likeness (QED) is 0.821. The van der Waals surface area contributed by atoms with Crippen LogP contribution < -0.4 is 5.32 Å². The van der Waals surface area contributed by atoms with Crippen molar-refractivity contribution in [2.45, 2.75) is 109 Å². The molecule has 3 aliphatic rings. The maximum absolute atomic E-state index is 3.89. The summed E-state index contributed by atoms with van der Waals surface area (Å²) in [4.78, 5) is 5.61. The first-order valence-corrected chi connectivity index (χ1v) is 10.9. The van der Waals surface area contributed by atoms with Crippen LogP contribution in [0.5, 0.6) is 0 Å². The number of likely N-dealkylation sites (tertiary alicyclic amines) is 2. The van der Waals surface area contributed by atoms with Crippen molar-refractivity contribution >= 4 is 0 Å². The Hall–Kier alpha value is -0.120. The Labute approximate surface area is 156 Å². The number of nitrogens with zero attached hydrogens (tertiary/aromatic N) is 2. The highest BCUT2D eigenvalue weighted by atomic mass is 15.2. The fourth-order valence-electron chi connectivity index (χ4n) is 5.46. The molecular formula is C22H43N3. The van der Waals surface area contributed by atoms with E-state index in [-0.39, 0.29) is 5.54 Å². The summed E-state index contributed by atoms with van der Waals surface area (Å²) in [7, 11) is 0. The highest BCUT2D eigenvalue weighted by Gasteiger charge is 2.47. The van der Waals surface area contributed by atoms with Crippen LogP contribution in [0.3, 0.4) is 0 Å². The van der Waals surface area contributed by atoms with Crippen LogP contribution in [-0.4, -0.2) is 58.6 Å². The Morgan fingerprint density at radius 3 is 2.04 bits per heavy atom. The molecule has 1 unspecified atom stereocenters. The number of rotatable bonds is 3. The monoisotopic (exact) mass is 349 g/mol. The van der Waals surface area contributed by atoms with Crippen molar-refractivity contribution in [1.82, 2.24) is 15.1 Å². The van der Waals surface area contributed by atoms with Crippen LogP contribution >= 0.6 is 0 Å². The average Bonchev–Trinajstić information content (AvgIpc) is 2.45. The van der Waals surface area contributed by atoms with Gasteiger partial charge in [-0.1, -0.05) is 0 Å². The van der Waals surface area contributed by atoms with Crippen molar-refractivity contribution in [1.29, 1.82) is 0 Å². The van der Waals surface area contributed by atoms with Gasteiger partial charge in [0.05, 0.1) is 0 Å². The van der Waals surface area contributed by atoms with Crippen LogP contribution in [-0.2, 0) is 0 Å². The lowest BCUT2D eigenvalue weighted by molar-refractivity contribution is -0.0476. The molecule has 1 saturated carbocycles. The van der Waals surface area contributed by atoms with E-state index in [4.69, 9.17) is 0 Å². The molecule has 0 aromatic carbocycles. The van der Waals surface area contributed by atoms with E-state index in [0.717, 1.165) is 12.0 Å². The van der Waals surface area contributed by atoms with Gasteiger partial charge in [0.15, 0.2) is 0 Å². The van der Waals surface area contributed by atoms with Crippen LogP contribution in [0.25, 0.3) is 0 Å². The standard InChI is InChI=1S/C22H43N3/c1-20(2,3)23-19-10-15-25(22(16-19)11-7-12-22)17-18-8-13-24(14-9-18)21(4,5)6/h18-19,23H,7-17H2,1-6H3. The van der Waals surface area contributed by atoms with E-state index in [1.807, 2.05) is 0 Å². The average molecular weight is 350 g/mol. The smallest absolute Gasteiger partial charge is 0.0224 e. The summed E-state index contributed by atoms with van der Waals surface area (Å²) in [5.74, 6) is 0.920. The van der Waals surface area contributed by atoms with Crippen LogP contribution in [0.2, 0.25) is 0 Å². The molecule has 2 saturated heterocycles. The third-order valence-electron chi connectivity index (χ3n) is 7.01. The molecule has 2 heterocycles. The Morgan fingerprint density at radius 2 is 1.56 bits per heavy atom. The van der Waals surface area contributed by atoms with Crippen molar-refractivity contribution in [3.05, 3.63) is 0 Å². The first-order chi connectivity index (χ1) is 11.6. The summed E-state index contributed by atoms with van der Waals surface area (Å²) in [5.41, 5.74) is 1.14. The topological polar surface area (TPSA) is 18.5 Å². The first kappa shape index (κ1) is 19.6. The van der Waals surface area contributed by atoms with Gasteiger partial charge in [-0.05, 0) is 105 Å². The zero-order valence-corrected chi connectivity index (χ0v) is 17.8. The fourth-order valence-corrected chi connectivity index (χ4v) is 5.46. The zero-order valence-electron chi connectivity index (χ0n) is 17.8. The summed E-state index contributed by atoms with van der Waals surface area (Å²) in [6, 6.07) is 0.722. The third kappa shape index (κ3) is 4.78. The third-order valence-corrected chi connectivity index (χ3v) is 7.01. The van der Waals surface area contributed by atoms with E-state index in [9.17, 15) is 0 Å². The van der Waals surface area contributed by atoms with E-state index >= 15 is 0 Å². The first-order valence-electron chi connectivity index (χ1n) is 10.9. The van der Waals surface area contributed by atoms with Gasteiger partial charge < -0.3 is 5.32 Å². The second-order valence-corrected chi connectivity index (χ2v) is 11.2. The normalized spacial score (nSPS) is 29.8. The maximum atomic E-state index is 3.89. The number of hydrogen-bond acceptors (Lipinski definition) is 3. The predicted molar refractivity (Wildman–Crippen MR) is 108 cm³/mol. The molecule has 0 amide bonds. The molecule has 0 bridgehead atoms. The molecule has 3 rings (SSSR count). The summed E-state index contributed by atoms with van der Waals surface area (Å²) >= 11 is 0. The zero-order chi connectivity index (χ0) is 18.3. The van der Waals surface area contributed by atoms with Gasteiger partial charge in [-0.3, -0.25) is 9.80 Å². The molecule has 1 N–H and O–H groups in total. The van der Waals surface area contributed by atoms with E-state index in [2.05, 4.69) is 56.7 Å². The van der Waals surface area contributed by atoms with Gasteiger partial charge in [-0.25, -0.2) is 0 Å². The highest BCUT2D eigenvalue weighted by Crippen LogP contribution is 2.45. The van der Waals surface area contributed by atoms with Gasteiger partial charge in [0.1, 0.15) is 0 Å². The summed E-state index contributed by atoms with van der Waals surface area (Å²) in [6.45, 7) is 19.3. The molecule has 1 spiro atoms. The minimum atomic E-state index is 0.248. The minimum Gasteiger partial charge on any atom is -0.309 e. The fraction of sp³-hybridized carbons (Fsp3) is 1.00. The summed E-state index contributed by atoms with van der Waals surface area (Å²) in [5, 5.41) is 3.89. The van der Waals surface area contributed by atoms with Gasteiger partial charge in [0.2, 0.25) is 0 Å². The molecule has 1 atom stereocenters. The lowest BCUT2D eigenvalue weighted by Gasteiger charge is -2.57. The molecule has 25 heavy (non-hydrogen) atoms. The lowest BCUT2D eigenvalue weighted by atomic mass is 9.68. The summed E-state index contributed by atoms with van der Waals surface area (Å²) in [6.07, 6.45) is 9.83. The van der Waals surface area contributed by atoms with Crippen LogP contribution in [0.4, 0.5) is 0 Å². The van der Waals surface area contributed by atoms with Crippen molar-refractivity contribution < 1.29 is 0 Å². The van der Waals surface area contributed by atoms with Crippen molar-refractivity contribution in [3.8, 4) is 0 Å². The van der Waals surface area contributed by atoms with E-state index in [0.29, 0.717) is 11.1 Å². The van der Waals surface area contributed by atoms with Gasteiger partial charge in [-0.2, -0.15) is 0 Å². The van der Waals surface area contributed by atoms with Gasteiger partial charge in [0.25, 0.3) is 0 Å². The molecule has 3 heteroatoms. The second kappa shape index (κ2) is 7.13. The predicted octanol–water partition coefficient (Wildman–Crippen LogP) is 4.27. The SMILES string of the molecule is CC(C)(C)NC1CCN(CC2CCN(C(C)(C)C)CC2)C2(CCC2)C1. The molecule has 1 aliphatic carbocycles. The maximum Gasteiger partial charge on any atom is 0.0224 e. The Bertz CT molecular complexity index is 433. The van der Waals surface area contributed by atoms with Crippen LogP contribution in [0.1, 0.15) is 86.5 Å². The molecule has 0 radical (unpaired) electrons. The highest BCUT2D eigenvalue weighted by molar-refractivity contribution is 5.05.